The van der Waals surface area contributed by atoms with E-state index in [0.717, 1.165) is 35.0 Å². The Kier molecular flexibility index (Phi) is 5.03. The van der Waals surface area contributed by atoms with Crippen LogP contribution in [0.4, 0.5) is 13.2 Å². The summed E-state index contributed by atoms with van der Waals surface area (Å²) in [5.74, 6) is -1.00. The average Bonchev–Trinajstić information content (AvgIpc) is 3.49. The predicted octanol–water partition coefficient (Wildman–Crippen LogP) is 3.93. The molecule has 0 saturated carbocycles. The van der Waals surface area contributed by atoms with E-state index in [-0.39, 0.29) is 18.0 Å². The number of carbonyl (C=O) groups excluding carboxylic acids is 1. The van der Waals surface area contributed by atoms with Crippen molar-refractivity contribution in [3.05, 3.63) is 76.5 Å². The molecule has 170 valence electrons. The standard InChI is InChI=1S/C22H18F3N5O3/c1-12-18-16(6-5-13-10-30(28-19(13)18)11-14-4-2-3-7-26-14)32-20(12)21(31)27-9-15-8-17(33-29-15)22(23,24)25/h2-4,7-8,10H,5-6,9,11H2,1H3,(H,27,31). The molecule has 4 aromatic rings. The van der Waals surface area contributed by atoms with Crippen molar-refractivity contribution in [3.63, 3.8) is 0 Å². The van der Waals surface area contributed by atoms with E-state index in [1.54, 1.807) is 13.1 Å². The first-order valence-corrected chi connectivity index (χ1v) is 10.2. The Balaban J connectivity index is 1.35. The lowest BCUT2D eigenvalue weighted by molar-refractivity contribution is -0.155. The highest BCUT2D eigenvalue weighted by atomic mass is 19.4. The molecular formula is C22H18F3N5O3. The smallest absolute Gasteiger partial charge is 0.452 e. The number of pyridine rings is 1. The number of nitrogens with one attached hydrogen (secondary N) is 1. The Morgan fingerprint density at radius 3 is 2.82 bits per heavy atom. The van der Waals surface area contributed by atoms with Crippen LogP contribution in [0.2, 0.25) is 0 Å². The van der Waals surface area contributed by atoms with Crippen LogP contribution < -0.4 is 5.32 Å². The van der Waals surface area contributed by atoms with Gasteiger partial charge in [-0.25, -0.2) is 0 Å². The molecule has 0 unspecified atom stereocenters. The summed E-state index contributed by atoms with van der Waals surface area (Å²) in [6.07, 6.45) is 0.401. The van der Waals surface area contributed by atoms with Crippen LogP contribution in [0.1, 0.15) is 44.6 Å². The Hall–Kier alpha value is -3.89. The molecule has 8 nitrogen and oxygen atoms in total. The van der Waals surface area contributed by atoms with Crippen LogP contribution in [0.3, 0.4) is 0 Å². The van der Waals surface area contributed by atoms with Crippen molar-refractivity contribution in [3.8, 4) is 11.3 Å². The van der Waals surface area contributed by atoms with Gasteiger partial charge >= 0.3 is 6.18 Å². The van der Waals surface area contributed by atoms with E-state index in [9.17, 15) is 18.0 Å². The first-order valence-electron chi connectivity index (χ1n) is 10.2. The Bertz CT molecular complexity index is 1320. The molecule has 1 N–H and O–H groups in total. The molecule has 0 atom stereocenters. The second-order valence-electron chi connectivity index (χ2n) is 7.74. The summed E-state index contributed by atoms with van der Waals surface area (Å²) in [4.78, 5) is 17.0. The molecule has 4 aromatic heterocycles. The summed E-state index contributed by atoms with van der Waals surface area (Å²) in [7, 11) is 0. The Morgan fingerprint density at radius 2 is 2.09 bits per heavy atom. The molecule has 0 aliphatic heterocycles. The fourth-order valence-corrected chi connectivity index (χ4v) is 3.90. The Morgan fingerprint density at radius 1 is 1.24 bits per heavy atom. The molecule has 0 saturated heterocycles. The van der Waals surface area contributed by atoms with Crippen molar-refractivity contribution < 1.29 is 26.9 Å². The van der Waals surface area contributed by atoms with Gasteiger partial charge in [-0.1, -0.05) is 11.2 Å². The van der Waals surface area contributed by atoms with Crippen LogP contribution in [0, 0.1) is 6.92 Å². The summed E-state index contributed by atoms with van der Waals surface area (Å²) < 4.78 is 49.9. The normalized spacial score (nSPS) is 13.0. The van der Waals surface area contributed by atoms with Crippen LogP contribution in [0.15, 0.2) is 45.6 Å². The zero-order valence-corrected chi connectivity index (χ0v) is 17.4. The number of hydrogen-bond donors (Lipinski definition) is 1. The fourth-order valence-electron chi connectivity index (χ4n) is 3.90. The van der Waals surface area contributed by atoms with Crippen LogP contribution >= 0.6 is 0 Å². The molecule has 1 aliphatic rings. The Labute approximate surface area is 185 Å². The number of rotatable bonds is 5. The fraction of sp³-hybridized carbons (Fsp3) is 0.273. The summed E-state index contributed by atoms with van der Waals surface area (Å²) in [5.41, 5.74) is 4.06. The van der Waals surface area contributed by atoms with Crippen molar-refractivity contribution >= 4 is 5.91 Å². The lowest BCUT2D eigenvalue weighted by Crippen LogP contribution is -2.23. The zero-order valence-electron chi connectivity index (χ0n) is 17.4. The van der Waals surface area contributed by atoms with Crippen LogP contribution in [0.5, 0.6) is 0 Å². The van der Waals surface area contributed by atoms with Crippen molar-refractivity contribution in [2.45, 2.75) is 39.0 Å². The molecular weight excluding hydrogens is 439 g/mol. The van der Waals surface area contributed by atoms with E-state index in [4.69, 9.17) is 9.52 Å². The summed E-state index contributed by atoms with van der Waals surface area (Å²) in [6, 6.07) is 6.44. The third-order valence-electron chi connectivity index (χ3n) is 5.44. The number of aryl methyl sites for hydroxylation is 2. The molecule has 5 rings (SSSR count). The molecule has 0 fully saturated rings. The maximum atomic E-state index is 12.7. The largest absolute Gasteiger partial charge is 0.455 e. The highest BCUT2D eigenvalue weighted by Gasteiger charge is 2.36. The van der Waals surface area contributed by atoms with Gasteiger partial charge in [-0.2, -0.15) is 18.3 Å². The van der Waals surface area contributed by atoms with Gasteiger partial charge in [0.25, 0.3) is 5.91 Å². The second-order valence-corrected chi connectivity index (χ2v) is 7.74. The molecule has 0 spiro atoms. The number of carbonyl (C=O) groups is 1. The number of halogens is 3. The maximum absolute atomic E-state index is 12.7. The number of alkyl halides is 3. The van der Waals surface area contributed by atoms with Gasteiger partial charge in [0.15, 0.2) is 5.76 Å². The molecule has 11 heteroatoms. The third kappa shape index (κ3) is 4.01. The third-order valence-corrected chi connectivity index (χ3v) is 5.44. The molecule has 33 heavy (non-hydrogen) atoms. The number of furan rings is 1. The van der Waals surface area contributed by atoms with Gasteiger partial charge in [0.05, 0.1) is 24.5 Å². The molecule has 0 aromatic carbocycles. The minimum Gasteiger partial charge on any atom is -0.455 e. The SMILES string of the molecule is Cc1c(C(=O)NCc2cc(C(F)(F)F)on2)oc2c1-c1nn(Cc3ccccn3)cc1CC2. The van der Waals surface area contributed by atoms with Gasteiger partial charge < -0.3 is 14.3 Å². The van der Waals surface area contributed by atoms with Gasteiger partial charge in [0.2, 0.25) is 5.76 Å². The molecule has 0 radical (unpaired) electrons. The average molecular weight is 457 g/mol. The highest BCUT2D eigenvalue weighted by Crippen LogP contribution is 2.38. The first kappa shape index (κ1) is 21.0. The van der Waals surface area contributed by atoms with Crippen LogP contribution in [0.25, 0.3) is 11.3 Å². The van der Waals surface area contributed by atoms with E-state index in [1.807, 2.05) is 29.1 Å². The number of hydrogen-bond acceptors (Lipinski definition) is 6. The minimum absolute atomic E-state index is 0.0415. The van der Waals surface area contributed by atoms with Gasteiger partial charge in [-0.15, -0.1) is 0 Å². The minimum atomic E-state index is -4.64. The maximum Gasteiger partial charge on any atom is 0.452 e. The zero-order chi connectivity index (χ0) is 23.2. The van der Waals surface area contributed by atoms with E-state index in [2.05, 4.69) is 20.0 Å². The molecule has 1 amide bonds. The number of aromatic nitrogens is 4. The lowest BCUT2D eigenvalue weighted by Gasteiger charge is -2.09. The summed E-state index contributed by atoms with van der Waals surface area (Å²) in [5, 5.41) is 10.6. The molecule has 1 aliphatic carbocycles. The van der Waals surface area contributed by atoms with Crippen molar-refractivity contribution in [2.24, 2.45) is 0 Å². The molecule has 0 bridgehead atoms. The first-order chi connectivity index (χ1) is 15.8. The van der Waals surface area contributed by atoms with Crippen molar-refractivity contribution in [2.75, 3.05) is 0 Å². The van der Waals surface area contributed by atoms with Gasteiger partial charge in [0.1, 0.15) is 11.5 Å². The highest BCUT2D eigenvalue weighted by molar-refractivity contribution is 5.95. The van der Waals surface area contributed by atoms with Crippen LogP contribution in [-0.4, -0.2) is 25.8 Å². The van der Waals surface area contributed by atoms with E-state index < -0.39 is 17.8 Å². The number of fused-ring (bicyclic) bond motifs is 3. The summed E-state index contributed by atoms with van der Waals surface area (Å²) >= 11 is 0. The topological polar surface area (TPSA) is 99.0 Å². The van der Waals surface area contributed by atoms with E-state index >= 15 is 0 Å². The van der Waals surface area contributed by atoms with E-state index in [0.29, 0.717) is 24.3 Å². The predicted molar refractivity (Wildman–Crippen MR) is 108 cm³/mol. The van der Waals surface area contributed by atoms with Crippen molar-refractivity contribution in [1.82, 2.24) is 25.2 Å². The quantitative estimate of drug-likeness (QED) is 0.488. The van der Waals surface area contributed by atoms with Crippen molar-refractivity contribution in [1.29, 1.82) is 0 Å². The van der Waals surface area contributed by atoms with E-state index in [1.165, 1.54) is 0 Å². The molecule has 4 heterocycles. The van der Waals surface area contributed by atoms with Gasteiger partial charge in [-0.05, 0) is 31.0 Å². The summed E-state index contributed by atoms with van der Waals surface area (Å²) in [6.45, 7) is 2.06. The van der Waals surface area contributed by atoms with Gasteiger partial charge in [0, 0.05) is 36.0 Å². The van der Waals surface area contributed by atoms with Gasteiger partial charge in [-0.3, -0.25) is 14.5 Å². The monoisotopic (exact) mass is 457 g/mol. The number of nitrogens with zero attached hydrogens (tertiary/aromatic N) is 4. The van der Waals surface area contributed by atoms with Crippen LogP contribution in [-0.2, 0) is 32.1 Å². The second kappa shape index (κ2) is 7.91. The lowest BCUT2D eigenvalue weighted by atomic mass is 9.93. The number of amides is 1.